The third kappa shape index (κ3) is 3.62. The maximum absolute atomic E-state index is 12.3. The summed E-state index contributed by atoms with van der Waals surface area (Å²) >= 11 is 0. The second-order valence-electron chi connectivity index (χ2n) is 6.22. The summed E-state index contributed by atoms with van der Waals surface area (Å²) in [5, 5.41) is 5.79. The van der Waals surface area contributed by atoms with Crippen molar-refractivity contribution in [2.24, 2.45) is 11.8 Å². The highest BCUT2D eigenvalue weighted by Gasteiger charge is 2.48. The zero-order chi connectivity index (χ0) is 17.1. The van der Waals surface area contributed by atoms with Gasteiger partial charge in [0.15, 0.2) is 0 Å². The zero-order valence-corrected chi connectivity index (χ0v) is 13.9. The van der Waals surface area contributed by atoms with Crippen LogP contribution in [0.25, 0.3) is 0 Å². The minimum absolute atomic E-state index is 0.0817. The topological polar surface area (TPSA) is 71.1 Å². The van der Waals surface area contributed by atoms with Gasteiger partial charge in [-0.2, -0.15) is 0 Å². The van der Waals surface area contributed by atoms with Crippen molar-refractivity contribution in [1.29, 1.82) is 0 Å². The minimum atomic E-state index is -0.242. The van der Waals surface area contributed by atoms with E-state index in [2.05, 4.69) is 15.6 Å². The molecule has 0 bridgehead atoms. The van der Waals surface area contributed by atoms with E-state index < -0.39 is 0 Å². The molecule has 124 valence electrons. The van der Waals surface area contributed by atoms with Crippen molar-refractivity contribution in [3.05, 3.63) is 59.4 Å². The number of hydrogen-bond donors (Lipinski definition) is 2. The van der Waals surface area contributed by atoms with E-state index in [1.54, 1.807) is 6.20 Å². The van der Waals surface area contributed by atoms with Crippen LogP contribution in [-0.4, -0.2) is 16.8 Å². The standard InChI is InChI=1S/C19H21N3O2/c1-12-6-5-8-17(13(12)2)22-19(24)16-10-15(16)18(23)21-11-14-7-3-4-9-20-14/h3-9,15-16H,10-11H2,1-2H3,(H,21,23)(H,22,24). The SMILES string of the molecule is Cc1cccc(NC(=O)C2CC2C(=O)NCc2ccccn2)c1C. The quantitative estimate of drug-likeness (QED) is 0.888. The summed E-state index contributed by atoms with van der Waals surface area (Å²) in [5.74, 6) is -0.643. The molecule has 1 aromatic heterocycles. The van der Waals surface area contributed by atoms with Crippen LogP contribution < -0.4 is 10.6 Å². The molecule has 0 saturated heterocycles. The normalized spacial score (nSPS) is 18.8. The Bertz CT molecular complexity index is 758. The van der Waals surface area contributed by atoms with E-state index in [1.807, 2.05) is 50.2 Å². The lowest BCUT2D eigenvalue weighted by Gasteiger charge is -2.10. The van der Waals surface area contributed by atoms with Gasteiger partial charge in [-0.1, -0.05) is 18.2 Å². The minimum Gasteiger partial charge on any atom is -0.350 e. The number of rotatable bonds is 5. The van der Waals surface area contributed by atoms with Gasteiger partial charge < -0.3 is 10.6 Å². The molecule has 1 aliphatic rings. The van der Waals surface area contributed by atoms with Crippen LogP contribution in [-0.2, 0) is 16.1 Å². The van der Waals surface area contributed by atoms with Crippen molar-refractivity contribution in [3.8, 4) is 0 Å². The first kappa shape index (κ1) is 16.2. The van der Waals surface area contributed by atoms with Crippen molar-refractivity contribution < 1.29 is 9.59 Å². The molecule has 2 atom stereocenters. The lowest BCUT2D eigenvalue weighted by molar-refractivity contribution is -0.125. The molecule has 1 fully saturated rings. The lowest BCUT2D eigenvalue weighted by Crippen LogP contribution is -2.27. The fourth-order valence-electron chi connectivity index (χ4n) is 2.70. The fraction of sp³-hybridized carbons (Fsp3) is 0.316. The third-order valence-corrected chi connectivity index (χ3v) is 4.50. The number of hydrogen-bond acceptors (Lipinski definition) is 3. The van der Waals surface area contributed by atoms with Crippen LogP contribution in [0.5, 0.6) is 0 Å². The van der Waals surface area contributed by atoms with Crippen molar-refractivity contribution in [3.63, 3.8) is 0 Å². The number of carbonyl (C=O) groups excluding carboxylic acids is 2. The second-order valence-corrected chi connectivity index (χ2v) is 6.22. The first-order chi connectivity index (χ1) is 11.6. The van der Waals surface area contributed by atoms with Gasteiger partial charge in [0.05, 0.1) is 24.1 Å². The average molecular weight is 323 g/mol. The Balaban J connectivity index is 1.52. The maximum Gasteiger partial charge on any atom is 0.228 e. The first-order valence-electron chi connectivity index (χ1n) is 8.11. The van der Waals surface area contributed by atoms with Crippen molar-refractivity contribution in [1.82, 2.24) is 10.3 Å². The zero-order valence-electron chi connectivity index (χ0n) is 13.9. The fourth-order valence-corrected chi connectivity index (χ4v) is 2.70. The van der Waals surface area contributed by atoms with Crippen molar-refractivity contribution in [2.45, 2.75) is 26.8 Å². The van der Waals surface area contributed by atoms with Crippen molar-refractivity contribution in [2.75, 3.05) is 5.32 Å². The van der Waals surface area contributed by atoms with E-state index in [-0.39, 0.29) is 23.7 Å². The van der Waals surface area contributed by atoms with Crippen LogP contribution in [0, 0.1) is 25.7 Å². The van der Waals surface area contributed by atoms with E-state index >= 15 is 0 Å². The summed E-state index contributed by atoms with van der Waals surface area (Å²) in [4.78, 5) is 28.6. The monoisotopic (exact) mass is 323 g/mol. The highest BCUT2D eigenvalue weighted by Crippen LogP contribution is 2.39. The lowest BCUT2D eigenvalue weighted by atomic mass is 10.1. The van der Waals surface area contributed by atoms with E-state index in [0.29, 0.717) is 13.0 Å². The number of pyridine rings is 1. The van der Waals surface area contributed by atoms with E-state index in [0.717, 1.165) is 22.5 Å². The Labute approximate surface area is 141 Å². The van der Waals surface area contributed by atoms with Crippen LogP contribution in [0.15, 0.2) is 42.6 Å². The van der Waals surface area contributed by atoms with Gasteiger partial charge in [-0.15, -0.1) is 0 Å². The molecule has 2 aromatic rings. The van der Waals surface area contributed by atoms with Crippen molar-refractivity contribution >= 4 is 17.5 Å². The third-order valence-electron chi connectivity index (χ3n) is 4.50. The molecule has 0 radical (unpaired) electrons. The van der Waals surface area contributed by atoms with Gasteiger partial charge in [-0.25, -0.2) is 0 Å². The van der Waals surface area contributed by atoms with Gasteiger partial charge >= 0.3 is 0 Å². The van der Waals surface area contributed by atoms with Gasteiger partial charge in [-0.3, -0.25) is 14.6 Å². The molecule has 1 saturated carbocycles. The molecule has 1 heterocycles. The Morgan fingerprint density at radius 3 is 2.62 bits per heavy atom. The molecule has 24 heavy (non-hydrogen) atoms. The molecule has 2 unspecified atom stereocenters. The molecule has 2 amide bonds. The summed E-state index contributed by atoms with van der Waals surface area (Å²) in [5.41, 5.74) is 3.82. The number of carbonyl (C=O) groups is 2. The Hall–Kier alpha value is -2.69. The van der Waals surface area contributed by atoms with Gasteiger partial charge in [0.25, 0.3) is 0 Å². The molecular formula is C19H21N3O2. The number of aromatic nitrogens is 1. The molecule has 5 heteroatoms. The van der Waals surface area contributed by atoms with Gasteiger partial charge in [0, 0.05) is 11.9 Å². The summed E-state index contributed by atoms with van der Waals surface area (Å²) in [6, 6.07) is 11.4. The molecule has 1 aromatic carbocycles. The van der Waals surface area contributed by atoms with Crippen LogP contribution in [0.1, 0.15) is 23.2 Å². The van der Waals surface area contributed by atoms with Gasteiger partial charge in [0.1, 0.15) is 0 Å². The largest absolute Gasteiger partial charge is 0.350 e. The predicted molar refractivity (Wildman–Crippen MR) is 92.2 cm³/mol. The number of nitrogens with zero attached hydrogens (tertiary/aromatic N) is 1. The molecule has 0 aliphatic heterocycles. The van der Waals surface area contributed by atoms with Crippen LogP contribution in [0.3, 0.4) is 0 Å². The van der Waals surface area contributed by atoms with E-state index in [1.165, 1.54) is 0 Å². The molecule has 2 N–H and O–H groups in total. The number of nitrogens with one attached hydrogen (secondary N) is 2. The maximum atomic E-state index is 12.3. The molecular weight excluding hydrogens is 302 g/mol. The summed E-state index contributed by atoms with van der Waals surface area (Å²) in [6.45, 7) is 4.38. The molecule has 3 rings (SSSR count). The highest BCUT2D eigenvalue weighted by atomic mass is 16.2. The van der Waals surface area contributed by atoms with E-state index in [4.69, 9.17) is 0 Å². The molecule has 0 spiro atoms. The predicted octanol–water partition coefficient (Wildman–Crippen LogP) is 2.59. The van der Waals surface area contributed by atoms with Gasteiger partial charge in [-0.05, 0) is 49.6 Å². The first-order valence-corrected chi connectivity index (χ1v) is 8.11. The van der Waals surface area contributed by atoms with E-state index in [9.17, 15) is 9.59 Å². The average Bonchev–Trinajstić information content (AvgIpc) is 3.39. The van der Waals surface area contributed by atoms with Crippen LogP contribution in [0.2, 0.25) is 0 Å². The number of amides is 2. The van der Waals surface area contributed by atoms with Crippen LogP contribution >= 0.6 is 0 Å². The number of anilines is 1. The molecule has 5 nitrogen and oxygen atoms in total. The Kier molecular flexibility index (Phi) is 4.60. The van der Waals surface area contributed by atoms with Crippen LogP contribution in [0.4, 0.5) is 5.69 Å². The summed E-state index contributed by atoms with van der Waals surface area (Å²) < 4.78 is 0. The smallest absolute Gasteiger partial charge is 0.228 e. The van der Waals surface area contributed by atoms with Gasteiger partial charge in [0.2, 0.25) is 11.8 Å². The second kappa shape index (κ2) is 6.83. The summed E-state index contributed by atoms with van der Waals surface area (Å²) in [6.07, 6.45) is 2.30. The Morgan fingerprint density at radius 2 is 1.88 bits per heavy atom. The summed E-state index contributed by atoms with van der Waals surface area (Å²) in [7, 11) is 0. The highest BCUT2D eigenvalue weighted by molar-refractivity contribution is 6.00. The number of aryl methyl sites for hydroxylation is 1. The molecule has 1 aliphatic carbocycles. The Morgan fingerprint density at radius 1 is 1.08 bits per heavy atom. The number of benzene rings is 1.